The Balaban J connectivity index is 1.70. The Labute approximate surface area is 162 Å². The SMILES string of the molecule is Cc1nn(C(C)(C)C#N)cc1Nc1ncc(Cl)c(OCC2CC(C)(F)C2)n1. The molecule has 27 heavy (non-hydrogen) atoms. The Hall–Kier alpha value is -2.40. The molecule has 7 nitrogen and oxygen atoms in total. The summed E-state index contributed by atoms with van der Waals surface area (Å²) in [5.41, 5.74) is -0.478. The molecule has 0 atom stereocenters. The highest BCUT2D eigenvalue weighted by molar-refractivity contribution is 6.31. The Morgan fingerprint density at radius 1 is 1.52 bits per heavy atom. The van der Waals surface area contributed by atoms with Crippen LogP contribution in [0.25, 0.3) is 0 Å². The molecule has 0 amide bonds. The summed E-state index contributed by atoms with van der Waals surface area (Å²) in [7, 11) is 0. The predicted molar refractivity (Wildman–Crippen MR) is 100.0 cm³/mol. The van der Waals surface area contributed by atoms with E-state index in [1.54, 1.807) is 31.6 Å². The van der Waals surface area contributed by atoms with Crippen LogP contribution in [0.2, 0.25) is 5.02 Å². The van der Waals surface area contributed by atoms with Gasteiger partial charge < -0.3 is 10.1 Å². The van der Waals surface area contributed by atoms with Crippen molar-refractivity contribution in [3.05, 3.63) is 23.1 Å². The molecule has 1 aliphatic carbocycles. The number of hydrogen-bond donors (Lipinski definition) is 1. The zero-order valence-corrected chi connectivity index (χ0v) is 16.5. The number of nitriles is 1. The number of nitrogens with one attached hydrogen (secondary N) is 1. The maximum absolute atomic E-state index is 13.6. The van der Waals surface area contributed by atoms with E-state index in [0.29, 0.717) is 41.8 Å². The zero-order chi connectivity index (χ0) is 19.8. The first-order chi connectivity index (χ1) is 12.6. The summed E-state index contributed by atoms with van der Waals surface area (Å²) in [6.07, 6.45) is 4.14. The first-order valence-electron chi connectivity index (χ1n) is 8.69. The van der Waals surface area contributed by atoms with Gasteiger partial charge in [-0.25, -0.2) is 9.37 Å². The molecule has 2 aromatic heterocycles. The summed E-state index contributed by atoms with van der Waals surface area (Å²) in [5.74, 6) is 0.718. The largest absolute Gasteiger partial charge is 0.476 e. The number of nitrogens with zero attached hydrogens (tertiary/aromatic N) is 5. The second kappa shape index (κ2) is 6.97. The van der Waals surface area contributed by atoms with Crippen LogP contribution in [0.15, 0.2) is 12.4 Å². The number of aryl methyl sites for hydroxylation is 1. The van der Waals surface area contributed by atoms with E-state index in [4.69, 9.17) is 16.3 Å². The van der Waals surface area contributed by atoms with Crippen molar-refractivity contribution in [1.82, 2.24) is 19.7 Å². The molecule has 3 rings (SSSR count). The van der Waals surface area contributed by atoms with E-state index in [-0.39, 0.29) is 11.8 Å². The van der Waals surface area contributed by atoms with Gasteiger partial charge in [-0.2, -0.15) is 15.3 Å². The second-order valence-electron chi connectivity index (χ2n) is 7.71. The quantitative estimate of drug-likeness (QED) is 0.794. The van der Waals surface area contributed by atoms with E-state index in [1.165, 1.54) is 6.20 Å². The molecule has 2 aromatic rings. The van der Waals surface area contributed by atoms with Crippen molar-refractivity contribution in [3.8, 4) is 11.9 Å². The molecule has 1 N–H and O–H groups in total. The fraction of sp³-hybridized carbons (Fsp3) is 0.556. The van der Waals surface area contributed by atoms with Gasteiger partial charge in [0.25, 0.3) is 0 Å². The lowest BCUT2D eigenvalue weighted by atomic mass is 9.74. The molecule has 144 valence electrons. The molecule has 0 radical (unpaired) electrons. The van der Waals surface area contributed by atoms with Gasteiger partial charge in [-0.15, -0.1) is 0 Å². The smallest absolute Gasteiger partial charge is 0.237 e. The van der Waals surface area contributed by atoms with Crippen LogP contribution in [0, 0.1) is 24.2 Å². The predicted octanol–water partition coefficient (Wildman–Crippen LogP) is 4.15. The Bertz CT molecular complexity index is 880. The van der Waals surface area contributed by atoms with Crippen LogP contribution in [-0.4, -0.2) is 32.0 Å². The maximum Gasteiger partial charge on any atom is 0.237 e. The van der Waals surface area contributed by atoms with Crippen molar-refractivity contribution >= 4 is 23.2 Å². The summed E-state index contributed by atoms with van der Waals surface area (Å²) >= 11 is 6.11. The highest BCUT2D eigenvalue weighted by Gasteiger charge is 2.40. The van der Waals surface area contributed by atoms with Gasteiger partial charge in [-0.1, -0.05) is 11.6 Å². The van der Waals surface area contributed by atoms with Crippen LogP contribution < -0.4 is 10.1 Å². The number of anilines is 2. The average molecular weight is 393 g/mol. The summed E-state index contributed by atoms with van der Waals surface area (Å²) < 4.78 is 20.8. The molecule has 1 aliphatic rings. The van der Waals surface area contributed by atoms with Gasteiger partial charge in [-0.3, -0.25) is 4.68 Å². The van der Waals surface area contributed by atoms with Gasteiger partial charge in [0.2, 0.25) is 11.8 Å². The van der Waals surface area contributed by atoms with Gasteiger partial charge in [-0.05, 0) is 46.5 Å². The van der Waals surface area contributed by atoms with Crippen LogP contribution in [0.4, 0.5) is 16.0 Å². The molecule has 0 saturated heterocycles. The van der Waals surface area contributed by atoms with Crippen molar-refractivity contribution < 1.29 is 9.13 Å². The number of hydrogen-bond acceptors (Lipinski definition) is 6. The van der Waals surface area contributed by atoms with Gasteiger partial charge in [0.15, 0.2) is 0 Å². The van der Waals surface area contributed by atoms with E-state index in [2.05, 4.69) is 26.5 Å². The molecule has 1 fully saturated rings. The Kier molecular flexibility index (Phi) is 5.00. The fourth-order valence-electron chi connectivity index (χ4n) is 3.01. The number of rotatable bonds is 6. The number of aromatic nitrogens is 4. The monoisotopic (exact) mass is 392 g/mol. The number of alkyl halides is 1. The standard InChI is InChI=1S/C18H22ClFN6O/c1-11-14(8-26(25-11)17(2,3)10-21)23-16-22-7-13(19)15(24-16)27-9-12-5-18(4,20)6-12/h7-8,12H,5-6,9H2,1-4H3,(H,22,23,24). The topological polar surface area (TPSA) is 88.7 Å². The Morgan fingerprint density at radius 2 is 2.22 bits per heavy atom. The minimum absolute atomic E-state index is 0.163. The lowest BCUT2D eigenvalue weighted by Gasteiger charge is -2.38. The van der Waals surface area contributed by atoms with E-state index in [0.717, 1.165) is 0 Å². The van der Waals surface area contributed by atoms with Gasteiger partial charge >= 0.3 is 0 Å². The zero-order valence-electron chi connectivity index (χ0n) is 15.8. The van der Waals surface area contributed by atoms with Crippen molar-refractivity contribution in [1.29, 1.82) is 5.26 Å². The first-order valence-corrected chi connectivity index (χ1v) is 9.07. The second-order valence-corrected chi connectivity index (χ2v) is 8.12. The van der Waals surface area contributed by atoms with Crippen LogP contribution in [0.3, 0.4) is 0 Å². The molecule has 0 unspecified atom stereocenters. The molecule has 0 spiro atoms. The van der Waals surface area contributed by atoms with E-state index in [9.17, 15) is 9.65 Å². The van der Waals surface area contributed by atoms with Gasteiger partial charge in [0.1, 0.15) is 16.2 Å². The number of ether oxygens (including phenoxy) is 1. The average Bonchev–Trinajstić information content (AvgIpc) is 2.95. The fourth-order valence-corrected chi connectivity index (χ4v) is 3.16. The lowest BCUT2D eigenvalue weighted by Crippen LogP contribution is -2.39. The minimum Gasteiger partial charge on any atom is -0.476 e. The van der Waals surface area contributed by atoms with Crippen LogP contribution >= 0.6 is 11.6 Å². The molecule has 0 aromatic carbocycles. The van der Waals surface area contributed by atoms with E-state index in [1.807, 2.05) is 6.92 Å². The third-order valence-corrected chi connectivity index (χ3v) is 4.85. The highest BCUT2D eigenvalue weighted by atomic mass is 35.5. The van der Waals surface area contributed by atoms with Crippen molar-refractivity contribution in [2.24, 2.45) is 5.92 Å². The molecular weight excluding hydrogens is 371 g/mol. The van der Waals surface area contributed by atoms with Crippen LogP contribution in [-0.2, 0) is 5.54 Å². The summed E-state index contributed by atoms with van der Waals surface area (Å²) in [6, 6.07) is 2.20. The normalized spacial score (nSPS) is 22.0. The lowest BCUT2D eigenvalue weighted by molar-refractivity contribution is 0.00165. The van der Waals surface area contributed by atoms with E-state index >= 15 is 0 Å². The van der Waals surface area contributed by atoms with E-state index < -0.39 is 11.2 Å². The third-order valence-electron chi connectivity index (χ3n) is 4.59. The summed E-state index contributed by atoms with van der Waals surface area (Å²) in [5, 5.41) is 17.0. The highest BCUT2D eigenvalue weighted by Crippen LogP contribution is 2.41. The van der Waals surface area contributed by atoms with Crippen molar-refractivity contribution in [3.63, 3.8) is 0 Å². The van der Waals surface area contributed by atoms with Gasteiger partial charge in [0.05, 0.1) is 36.5 Å². The molecule has 0 bridgehead atoms. The first kappa shape index (κ1) is 19.4. The summed E-state index contributed by atoms with van der Waals surface area (Å²) in [6.45, 7) is 7.33. The Morgan fingerprint density at radius 3 is 2.85 bits per heavy atom. The summed E-state index contributed by atoms with van der Waals surface area (Å²) in [4.78, 5) is 8.45. The molecule has 0 aliphatic heterocycles. The molecule has 1 saturated carbocycles. The number of halogens is 2. The molecule has 9 heteroatoms. The van der Waals surface area contributed by atoms with Crippen LogP contribution in [0.1, 0.15) is 39.3 Å². The van der Waals surface area contributed by atoms with Gasteiger partial charge in [0, 0.05) is 0 Å². The third kappa shape index (κ3) is 4.30. The maximum atomic E-state index is 13.6. The van der Waals surface area contributed by atoms with Crippen LogP contribution in [0.5, 0.6) is 5.88 Å². The molecular formula is C18H22ClFN6O. The van der Waals surface area contributed by atoms with Crippen molar-refractivity contribution in [2.45, 2.75) is 51.7 Å². The molecule has 2 heterocycles. The minimum atomic E-state index is -1.09. The van der Waals surface area contributed by atoms with Crippen molar-refractivity contribution in [2.75, 3.05) is 11.9 Å².